The normalized spacial score (nSPS) is 17.6. The van der Waals surface area contributed by atoms with Gasteiger partial charge < -0.3 is 20.3 Å². The van der Waals surface area contributed by atoms with E-state index >= 15 is 0 Å². The molecule has 13 heteroatoms. The number of alkyl halides is 3. The first-order valence-electron chi connectivity index (χ1n) is 10.8. The molecule has 0 unspecified atom stereocenters. The molecule has 35 heavy (non-hydrogen) atoms. The quantitative estimate of drug-likeness (QED) is 0.469. The third-order valence-electron chi connectivity index (χ3n) is 5.43. The van der Waals surface area contributed by atoms with E-state index in [-0.39, 0.29) is 19.6 Å². The van der Waals surface area contributed by atoms with Gasteiger partial charge in [0.2, 0.25) is 11.8 Å². The van der Waals surface area contributed by atoms with Gasteiger partial charge in [0.25, 0.3) is 0 Å². The lowest BCUT2D eigenvalue weighted by Gasteiger charge is -2.42. The van der Waals surface area contributed by atoms with E-state index in [4.69, 9.17) is 0 Å². The van der Waals surface area contributed by atoms with Gasteiger partial charge in [-0.25, -0.2) is 4.79 Å². The largest absolute Gasteiger partial charge is 0.453 e. The summed E-state index contributed by atoms with van der Waals surface area (Å²) in [5, 5.41) is 4.85. The molecular formula is C22H28BrF3N4O5. The maximum atomic E-state index is 13.3. The predicted octanol–water partition coefficient (Wildman–Crippen LogP) is 2.20. The number of nitrogens with zero attached hydrogens (tertiary/aromatic N) is 2. The van der Waals surface area contributed by atoms with E-state index in [2.05, 4.69) is 31.3 Å². The first kappa shape index (κ1) is 28.6. The highest BCUT2D eigenvalue weighted by molar-refractivity contribution is 9.10. The van der Waals surface area contributed by atoms with Crippen molar-refractivity contribution in [3.05, 3.63) is 34.3 Å². The Morgan fingerprint density at radius 3 is 2.31 bits per heavy atom. The van der Waals surface area contributed by atoms with Crippen LogP contribution in [-0.4, -0.2) is 91.6 Å². The number of halogens is 4. The van der Waals surface area contributed by atoms with Crippen LogP contribution in [0.25, 0.3) is 0 Å². The molecule has 1 aromatic carbocycles. The summed E-state index contributed by atoms with van der Waals surface area (Å²) in [6, 6.07) is 4.09. The van der Waals surface area contributed by atoms with Crippen LogP contribution in [0.3, 0.4) is 0 Å². The maximum absolute atomic E-state index is 13.3. The standard InChI is InChI=1S/C22H28BrF3N4O5/c1-13(2)18(28-21(34)35-3)20(33)30-9-8-29(12-22(24,25)26)11-16(30)19(32)27-10-17(31)14-4-6-15(23)7-5-14/h4-7,13,16,18H,8-12H2,1-3H3,(H,27,32)(H,28,34)/t16-,18-/m0/s1. The smallest absolute Gasteiger partial charge is 0.407 e. The van der Waals surface area contributed by atoms with Crippen molar-refractivity contribution in [1.29, 1.82) is 0 Å². The van der Waals surface area contributed by atoms with Crippen molar-refractivity contribution < 1.29 is 37.1 Å². The Kier molecular flexibility index (Phi) is 10.1. The van der Waals surface area contributed by atoms with Gasteiger partial charge >= 0.3 is 12.3 Å². The molecular weight excluding hydrogens is 537 g/mol. The Balaban J connectivity index is 2.20. The fraction of sp³-hybridized carbons (Fsp3) is 0.545. The van der Waals surface area contributed by atoms with Crippen molar-refractivity contribution in [2.75, 3.05) is 39.8 Å². The number of methoxy groups -OCH3 is 1. The van der Waals surface area contributed by atoms with Crippen LogP contribution in [0, 0.1) is 5.92 Å². The zero-order chi connectivity index (χ0) is 26.3. The molecule has 1 saturated heterocycles. The summed E-state index contributed by atoms with van der Waals surface area (Å²) in [6.07, 6.45) is -5.34. The first-order chi connectivity index (χ1) is 16.3. The van der Waals surface area contributed by atoms with Crippen molar-refractivity contribution >= 4 is 39.6 Å². The Bertz CT molecular complexity index is 927. The van der Waals surface area contributed by atoms with E-state index in [0.717, 1.165) is 21.4 Å². The van der Waals surface area contributed by atoms with Gasteiger partial charge in [0, 0.05) is 29.7 Å². The summed E-state index contributed by atoms with van der Waals surface area (Å²) >= 11 is 3.26. The van der Waals surface area contributed by atoms with E-state index < -0.39 is 61.0 Å². The molecule has 2 N–H and O–H groups in total. The zero-order valence-electron chi connectivity index (χ0n) is 19.5. The predicted molar refractivity (Wildman–Crippen MR) is 124 cm³/mol. The van der Waals surface area contributed by atoms with Crippen molar-refractivity contribution in [2.24, 2.45) is 5.92 Å². The SMILES string of the molecule is COC(=O)N[C@H](C(=O)N1CCN(CC(F)(F)F)C[C@H]1C(=O)NCC(=O)c1ccc(Br)cc1)C(C)C. The van der Waals surface area contributed by atoms with Crippen LogP contribution >= 0.6 is 15.9 Å². The van der Waals surface area contributed by atoms with Gasteiger partial charge in [-0.15, -0.1) is 0 Å². The molecule has 1 aliphatic heterocycles. The van der Waals surface area contributed by atoms with E-state index in [1.807, 2.05) is 0 Å². The second-order valence-corrected chi connectivity index (χ2v) is 9.32. The number of benzene rings is 1. The summed E-state index contributed by atoms with van der Waals surface area (Å²) in [4.78, 5) is 52.6. The monoisotopic (exact) mass is 564 g/mol. The first-order valence-corrected chi connectivity index (χ1v) is 11.6. The van der Waals surface area contributed by atoms with Crippen LogP contribution in [0.5, 0.6) is 0 Å². The van der Waals surface area contributed by atoms with Gasteiger partial charge in [-0.2, -0.15) is 13.2 Å². The highest BCUT2D eigenvalue weighted by Gasteiger charge is 2.42. The number of ketones is 1. The minimum absolute atomic E-state index is 0.115. The second-order valence-electron chi connectivity index (χ2n) is 8.40. The summed E-state index contributed by atoms with van der Waals surface area (Å²) in [5.74, 6) is -2.19. The Hall–Kier alpha value is -2.67. The van der Waals surface area contributed by atoms with Crippen molar-refractivity contribution in [1.82, 2.24) is 20.4 Å². The fourth-order valence-corrected chi connectivity index (χ4v) is 3.89. The maximum Gasteiger partial charge on any atom is 0.407 e. The van der Waals surface area contributed by atoms with Crippen molar-refractivity contribution in [2.45, 2.75) is 32.1 Å². The molecule has 1 fully saturated rings. The lowest BCUT2D eigenvalue weighted by molar-refractivity contribution is -0.160. The molecule has 0 radical (unpaired) electrons. The number of rotatable bonds is 8. The topological polar surface area (TPSA) is 108 Å². The molecule has 1 heterocycles. The van der Waals surface area contributed by atoms with E-state index in [1.165, 1.54) is 0 Å². The molecule has 194 valence electrons. The summed E-state index contributed by atoms with van der Waals surface area (Å²) in [5.41, 5.74) is 0.339. The number of alkyl carbamates (subject to hydrolysis) is 1. The minimum atomic E-state index is -4.49. The molecule has 2 rings (SSSR count). The molecule has 1 aliphatic rings. The lowest BCUT2D eigenvalue weighted by atomic mass is 10.0. The van der Waals surface area contributed by atoms with Gasteiger partial charge in [0.05, 0.1) is 20.2 Å². The number of nitrogens with one attached hydrogen (secondary N) is 2. The van der Waals surface area contributed by atoms with E-state index in [1.54, 1.807) is 38.1 Å². The van der Waals surface area contributed by atoms with Gasteiger partial charge in [0.15, 0.2) is 5.78 Å². The third kappa shape index (κ3) is 8.49. The van der Waals surface area contributed by atoms with Crippen molar-refractivity contribution in [3.63, 3.8) is 0 Å². The number of piperazine rings is 1. The fourth-order valence-electron chi connectivity index (χ4n) is 3.63. The second kappa shape index (κ2) is 12.3. The number of ether oxygens (including phenoxy) is 1. The molecule has 2 atom stereocenters. The number of carbonyl (C=O) groups excluding carboxylic acids is 4. The zero-order valence-corrected chi connectivity index (χ0v) is 21.1. The van der Waals surface area contributed by atoms with E-state index in [9.17, 15) is 32.3 Å². The van der Waals surface area contributed by atoms with Gasteiger partial charge in [-0.1, -0.05) is 41.9 Å². The lowest BCUT2D eigenvalue weighted by Crippen LogP contribution is -2.65. The number of hydrogen-bond donors (Lipinski definition) is 2. The molecule has 9 nitrogen and oxygen atoms in total. The molecule has 0 aliphatic carbocycles. The molecule has 0 aromatic heterocycles. The van der Waals surface area contributed by atoms with Gasteiger partial charge in [-0.05, 0) is 18.1 Å². The highest BCUT2D eigenvalue weighted by atomic mass is 79.9. The van der Waals surface area contributed by atoms with Crippen LogP contribution in [0.1, 0.15) is 24.2 Å². The van der Waals surface area contributed by atoms with Crippen LogP contribution in [0.4, 0.5) is 18.0 Å². The highest BCUT2D eigenvalue weighted by Crippen LogP contribution is 2.21. The van der Waals surface area contributed by atoms with E-state index in [0.29, 0.717) is 5.56 Å². The molecule has 0 saturated carbocycles. The Morgan fingerprint density at radius 1 is 1.14 bits per heavy atom. The van der Waals surface area contributed by atoms with Crippen LogP contribution in [0.2, 0.25) is 0 Å². The average Bonchev–Trinajstić information content (AvgIpc) is 2.79. The van der Waals surface area contributed by atoms with Crippen molar-refractivity contribution in [3.8, 4) is 0 Å². The number of hydrogen-bond acceptors (Lipinski definition) is 6. The Labute approximate surface area is 209 Å². The summed E-state index contributed by atoms with van der Waals surface area (Å²) < 4.78 is 44.3. The van der Waals surface area contributed by atoms with Gasteiger partial charge in [0.1, 0.15) is 12.1 Å². The summed E-state index contributed by atoms with van der Waals surface area (Å²) in [6.45, 7) is 1.04. The molecule has 3 amide bonds. The minimum Gasteiger partial charge on any atom is -0.453 e. The Morgan fingerprint density at radius 2 is 1.77 bits per heavy atom. The van der Waals surface area contributed by atoms with Gasteiger partial charge in [-0.3, -0.25) is 19.3 Å². The number of Topliss-reactive ketones (excluding diaryl/α,β-unsaturated/α-hetero) is 1. The molecule has 0 bridgehead atoms. The van der Waals surface area contributed by atoms with Crippen LogP contribution in [0.15, 0.2) is 28.7 Å². The van der Waals surface area contributed by atoms with Crippen LogP contribution < -0.4 is 10.6 Å². The number of amides is 3. The average molecular weight is 565 g/mol. The number of carbonyl (C=O) groups is 4. The molecule has 1 aromatic rings. The molecule has 0 spiro atoms. The third-order valence-corrected chi connectivity index (χ3v) is 5.96. The summed E-state index contributed by atoms with van der Waals surface area (Å²) in [7, 11) is 1.13. The van der Waals surface area contributed by atoms with Crippen LogP contribution in [-0.2, 0) is 14.3 Å².